The summed E-state index contributed by atoms with van der Waals surface area (Å²) in [5.74, 6) is -0.00395. The lowest BCUT2D eigenvalue weighted by Crippen LogP contribution is -2.10. The van der Waals surface area contributed by atoms with Gasteiger partial charge in [-0.3, -0.25) is 4.79 Å². The minimum atomic E-state index is -0.273. The number of anilines is 1. The van der Waals surface area contributed by atoms with Gasteiger partial charge in [-0.15, -0.1) is 11.3 Å². The summed E-state index contributed by atoms with van der Waals surface area (Å²) in [4.78, 5) is 16.4. The summed E-state index contributed by atoms with van der Waals surface area (Å²) in [7, 11) is 0. The predicted octanol–water partition coefficient (Wildman–Crippen LogP) is 4.63. The Morgan fingerprint density at radius 1 is 1.40 bits per heavy atom. The van der Waals surface area contributed by atoms with Crippen LogP contribution in [0.5, 0.6) is 0 Å². The Kier molecular flexibility index (Phi) is 3.82. The van der Waals surface area contributed by atoms with Crippen LogP contribution in [0.3, 0.4) is 0 Å². The van der Waals surface area contributed by atoms with Gasteiger partial charge in [0.1, 0.15) is 0 Å². The Labute approximate surface area is 131 Å². The molecule has 4 nitrogen and oxygen atoms in total. The molecule has 0 saturated heterocycles. The molecule has 1 amide bonds. The van der Waals surface area contributed by atoms with Crippen LogP contribution in [-0.4, -0.2) is 17.1 Å². The van der Waals surface area contributed by atoms with Crippen LogP contribution in [0.1, 0.15) is 10.6 Å². The van der Waals surface area contributed by atoms with Gasteiger partial charge in [0.2, 0.25) is 0 Å². The van der Waals surface area contributed by atoms with Crippen molar-refractivity contribution in [2.24, 2.45) is 0 Å². The second kappa shape index (κ2) is 5.59. The molecule has 0 radical (unpaired) electrons. The minimum Gasteiger partial charge on any atom is -0.444 e. The topological polar surface area (TPSA) is 55.1 Å². The molecule has 3 rings (SSSR count). The molecule has 0 fully saturated rings. The maximum Gasteiger partial charge on any atom is 0.291 e. The van der Waals surface area contributed by atoms with E-state index >= 15 is 0 Å². The van der Waals surface area contributed by atoms with Gasteiger partial charge in [-0.2, -0.15) is 0 Å². The highest BCUT2D eigenvalue weighted by Crippen LogP contribution is 2.30. The first kappa shape index (κ1) is 13.7. The van der Waals surface area contributed by atoms with Gasteiger partial charge in [-0.05, 0) is 52.5 Å². The van der Waals surface area contributed by atoms with Gasteiger partial charge in [-0.25, -0.2) is 4.98 Å². The third-order valence-electron chi connectivity index (χ3n) is 2.60. The van der Waals surface area contributed by atoms with Gasteiger partial charge in [0.05, 0.1) is 10.2 Å². The summed E-state index contributed by atoms with van der Waals surface area (Å²) in [6.45, 7) is 0. The van der Waals surface area contributed by atoms with Gasteiger partial charge >= 0.3 is 0 Å². The van der Waals surface area contributed by atoms with Gasteiger partial charge in [0, 0.05) is 5.69 Å². The SMILES string of the molecule is CSc1nc2ccc(NC(=O)c3ccc(Br)o3)cc2s1. The number of carbonyl (C=O) groups excluding carboxylic acids is 1. The van der Waals surface area contributed by atoms with Crippen LogP contribution in [0.15, 0.2) is 43.8 Å². The van der Waals surface area contributed by atoms with E-state index in [9.17, 15) is 4.79 Å². The second-order valence-corrected chi connectivity index (χ2v) is 6.79. The number of carbonyl (C=O) groups is 1. The number of amides is 1. The van der Waals surface area contributed by atoms with Crippen molar-refractivity contribution in [1.82, 2.24) is 4.98 Å². The summed E-state index contributed by atoms with van der Waals surface area (Å²) >= 11 is 6.40. The molecule has 7 heteroatoms. The molecule has 0 saturated carbocycles. The Bertz CT molecular complexity index is 782. The average Bonchev–Trinajstić information content (AvgIpc) is 3.03. The van der Waals surface area contributed by atoms with Gasteiger partial charge < -0.3 is 9.73 Å². The lowest BCUT2D eigenvalue weighted by Gasteiger charge is -2.02. The number of nitrogens with one attached hydrogen (secondary N) is 1. The Balaban J connectivity index is 1.85. The predicted molar refractivity (Wildman–Crippen MR) is 85.8 cm³/mol. The average molecular weight is 369 g/mol. The van der Waals surface area contributed by atoms with Gasteiger partial charge in [0.15, 0.2) is 14.8 Å². The van der Waals surface area contributed by atoms with Crippen molar-refractivity contribution in [3.8, 4) is 0 Å². The molecule has 1 aromatic carbocycles. The maximum atomic E-state index is 12.0. The van der Waals surface area contributed by atoms with Crippen molar-refractivity contribution in [1.29, 1.82) is 0 Å². The van der Waals surface area contributed by atoms with E-state index in [0.29, 0.717) is 4.67 Å². The summed E-state index contributed by atoms with van der Waals surface area (Å²) in [5.41, 5.74) is 1.67. The number of hydrogen-bond acceptors (Lipinski definition) is 5. The van der Waals surface area contributed by atoms with E-state index < -0.39 is 0 Å². The van der Waals surface area contributed by atoms with Crippen molar-refractivity contribution >= 4 is 60.8 Å². The lowest BCUT2D eigenvalue weighted by molar-refractivity contribution is 0.0995. The highest BCUT2D eigenvalue weighted by atomic mass is 79.9. The molecule has 20 heavy (non-hydrogen) atoms. The fourth-order valence-corrected chi connectivity index (χ4v) is 3.53. The third-order valence-corrected chi connectivity index (χ3v) is 5.03. The fourth-order valence-electron chi connectivity index (χ4n) is 1.70. The summed E-state index contributed by atoms with van der Waals surface area (Å²) in [5, 5.41) is 2.81. The van der Waals surface area contributed by atoms with E-state index in [0.717, 1.165) is 20.2 Å². The van der Waals surface area contributed by atoms with Crippen molar-refractivity contribution in [2.75, 3.05) is 11.6 Å². The number of benzene rings is 1. The monoisotopic (exact) mass is 368 g/mol. The number of fused-ring (bicyclic) bond motifs is 1. The first-order chi connectivity index (χ1) is 9.65. The number of furan rings is 1. The van der Waals surface area contributed by atoms with E-state index in [1.807, 2.05) is 24.5 Å². The van der Waals surface area contributed by atoms with Gasteiger partial charge in [0.25, 0.3) is 5.91 Å². The molecule has 102 valence electrons. The van der Waals surface area contributed by atoms with Gasteiger partial charge in [-0.1, -0.05) is 11.8 Å². The molecule has 0 unspecified atom stereocenters. The van der Waals surface area contributed by atoms with E-state index in [1.165, 1.54) is 0 Å². The van der Waals surface area contributed by atoms with Crippen molar-refractivity contribution in [3.05, 3.63) is 40.8 Å². The molecule has 3 aromatic rings. The van der Waals surface area contributed by atoms with E-state index in [-0.39, 0.29) is 11.7 Å². The standard InChI is InChI=1S/C13H9BrN2O2S2/c1-19-13-16-8-3-2-7(6-10(8)20-13)15-12(17)9-4-5-11(14)18-9/h2-6H,1H3,(H,15,17). The summed E-state index contributed by atoms with van der Waals surface area (Å²) in [6, 6.07) is 8.96. The largest absolute Gasteiger partial charge is 0.444 e. The van der Waals surface area contributed by atoms with Crippen molar-refractivity contribution < 1.29 is 9.21 Å². The summed E-state index contributed by atoms with van der Waals surface area (Å²) in [6.07, 6.45) is 2.00. The number of aromatic nitrogens is 1. The lowest BCUT2D eigenvalue weighted by atomic mass is 10.3. The molecule has 0 aliphatic heterocycles. The van der Waals surface area contributed by atoms with Crippen LogP contribution in [0.4, 0.5) is 5.69 Å². The molecule has 0 aliphatic rings. The van der Waals surface area contributed by atoms with Crippen LogP contribution in [0.2, 0.25) is 0 Å². The number of rotatable bonds is 3. The highest BCUT2D eigenvalue weighted by Gasteiger charge is 2.11. The second-order valence-electron chi connectivity index (χ2n) is 3.92. The van der Waals surface area contributed by atoms with Crippen LogP contribution < -0.4 is 5.32 Å². The van der Waals surface area contributed by atoms with Crippen molar-refractivity contribution in [3.63, 3.8) is 0 Å². The van der Waals surface area contributed by atoms with E-state index in [4.69, 9.17) is 4.42 Å². The molecule has 1 N–H and O–H groups in total. The Hall–Kier alpha value is -1.31. The normalized spacial score (nSPS) is 10.9. The first-order valence-electron chi connectivity index (χ1n) is 5.67. The molecule has 0 aliphatic carbocycles. The van der Waals surface area contributed by atoms with Crippen LogP contribution in [0.25, 0.3) is 10.2 Å². The molecule has 0 bridgehead atoms. The number of nitrogens with zero attached hydrogens (tertiary/aromatic N) is 1. The number of thiazole rings is 1. The zero-order valence-electron chi connectivity index (χ0n) is 10.3. The smallest absolute Gasteiger partial charge is 0.291 e. The first-order valence-corrected chi connectivity index (χ1v) is 8.50. The van der Waals surface area contributed by atoms with Crippen LogP contribution in [0, 0.1) is 0 Å². The number of thioether (sulfide) groups is 1. The minimum absolute atomic E-state index is 0.270. The van der Waals surface area contributed by atoms with Crippen LogP contribution in [-0.2, 0) is 0 Å². The third kappa shape index (κ3) is 2.74. The highest BCUT2D eigenvalue weighted by molar-refractivity contribution is 9.10. The number of halogens is 1. The molecule has 0 spiro atoms. The van der Waals surface area contributed by atoms with Crippen LogP contribution >= 0.6 is 39.0 Å². The molecular weight excluding hydrogens is 360 g/mol. The molecule has 2 heterocycles. The Morgan fingerprint density at radius 2 is 2.25 bits per heavy atom. The van der Waals surface area contributed by atoms with E-state index in [1.54, 1.807) is 35.2 Å². The quantitative estimate of drug-likeness (QED) is 0.684. The van der Waals surface area contributed by atoms with Crippen molar-refractivity contribution in [2.45, 2.75) is 4.34 Å². The number of hydrogen-bond donors (Lipinski definition) is 1. The fraction of sp³-hybridized carbons (Fsp3) is 0.0769. The zero-order valence-corrected chi connectivity index (χ0v) is 13.6. The zero-order chi connectivity index (χ0) is 14.1. The maximum absolute atomic E-state index is 12.0. The Morgan fingerprint density at radius 3 is 2.95 bits per heavy atom. The molecule has 2 aromatic heterocycles. The van der Waals surface area contributed by atoms with E-state index in [2.05, 4.69) is 26.2 Å². The molecule has 0 atom stereocenters. The molecular formula is C13H9BrN2O2S2. The summed E-state index contributed by atoms with van der Waals surface area (Å²) < 4.78 is 7.81.